The zero-order valence-corrected chi connectivity index (χ0v) is 12.4. The van der Waals surface area contributed by atoms with Crippen LogP contribution in [0.5, 0.6) is 0 Å². The number of hydrogen-bond acceptors (Lipinski definition) is 4. The van der Waals surface area contributed by atoms with Gasteiger partial charge in [0.15, 0.2) is 0 Å². The van der Waals surface area contributed by atoms with Gasteiger partial charge in [-0.1, -0.05) is 6.92 Å². The Balaban J connectivity index is 3.57. The van der Waals surface area contributed by atoms with E-state index in [2.05, 4.69) is 10.1 Å². The Morgan fingerprint density at radius 3 is 2.32 bits per heavy atom. The number of ether oxygens (including phenoxy) is 1. The predicted octanol–water partition coefficient (Wildman–Crippen LogP) is 2.80. The lowest BCUT2D eigenvalue weighted by Crippen LogP contribution is -2.23. The first-order chi connectivity index (χ1) is 10.1. The molecule has 1 aromatic carbocycles. The molecule has 0 aliphatic rings. The maximum Gasteiger partial charge on any atom is 0.417 e. The van der Waals surface area contributed by atoms with Crippen molar-refractivity contribution in [3.05, 3.63) is 28.8 Å². The molecule has 22 heavy (non-hydrogen) atoms. The molecule has 3 N–H and O–H groups in total. The first kappa shape index (κ1) is 17.8. The number of methoxy groups -OCH3 is 1. The number of carbonyl (C=O) groups excluding carboxylic acids is 2. The van der Waals surface area contributed by atoms with Crippen LogP contribution < -0.4 is 11.1 Å². The highest BCUT2D eigenvalue weighted by atomic mass is 19.4. The van der Waals surface area contributed by atoms with Gasteiger partial charge in [-0.15, -0.1) is 0 Å². The molecule has 0 bridgehead atoms. The number of primary amides is 1. The molecule has 1 amide bonds. The third-order valence-corrected chi connectivity index (χ3v) is 3.15. The highest BCUT2D eigenvalue weighted by Crippen LogP contribution is 2.35. The van der Waals surface area contributed by atoms with Gasteiger partial charge < -0.3 is 15.8 Å². The van der Waals surface area contributed by atoms with E-state index in [-0.39, 0.29) is 17.3 Å². The molecule has 0 unspecified atom stereocenters. The van der Waals surface area contributed by atoms with Gasteiger partial charge in [-0.25, -0.2) is 4.79 Å². The minimum Gasteiger partial charge on any atom is -0.465 e. The van der Waals surface area contributed by atoms with Crippen molar-refractivity contribution in [3.8, 4) is 0 Å². The van der Waals surface area contributed by atoms with Crippen LogP contribution in [0.25, 0.3) is 0 Å². The van der Waals surface area contributed by atoms with E-state index in [1.165, 1.54) is 0 Å². The third kappa shape index (κ3) is 3.90. The second kappa shape index (κ2) is 6.67. The van der Waals surface area contributed by atoms with Crippen LogP contribution in [0.15, 0.2) is 12.1 Å². The zero-order chi connectivity index (χ0) is 17.1. The molecule has 8 heteroatoms. The van der Waals surface area contributed by atoms with Crippen molar-refractivity contribution in [3.63, 3.8) is 0 Å². The summed E-state index contributed by atoms with van der Waals surface area (Å²) < 4.78 is 43.6. The Kier molecular flexibility index (Phi) is 5.40. The Labute approximate surface area is 125 Å². The minimum absolute atomic E-state index is 0.0650. The van der Waals surface area contributed by atoms with Crippen molar-refractivity contribution in [1.29, 1.82) is 0 Å². The lowest BCUT2D eigenvalue weighted by atomic mass is 10.00. The second-order valence-corrected chi connectivity index (χ2v) is 4.75. The summed E-state index contributed by atoms with van der Waals surface area (Å²) in [4.78, 5) is 23.0. The molecular formula is C14H17F3N2O3. The van der Waals surface area contributed by atoms with Crippen molar-refractivity contribution in [2.24, 2.45) is 5.73 Å². The largest absolute Gasteiger partial charge is 0.465 e. The molecule has 0 aromatic heterocycles. The summed E-state index contributed by atoms with van der Waals surface area (Å²) in [6.45, 7) is 3.63. The molecule has 1 atom stereocenters. The SMILES string of the molecule is CC[C@@H](C)Nc1cc(C(=O)OC)c(C(F)(F)F)cc1C(N)=O. The third-order valence-electron chi connectivity index (χ3n) is 3.15. The van der Waals surface area contributed by atoms with Crippen molar-refractivity contribution >= 4 is 17.6 Å². The molecule has 1 rings (SSSR count). The number of nitrogens with two attached hydrogens (primary N) is 1. The summed E-state index contributed by atoms with van der Waals surface area (Å²) in [5, 5.41) is 2.86. The highest BCUT2D eigenvalue weighted by molar-refractivity contribution is 6.02. The molecule has 0 saturated carbocycles. The summed E-state index contributed by atoms with van der Waals surface area (Å²) in [6, 6.07) is 1.39. The van der Waals surface area contributed by atoms with Crippen LogP contribution in [0.1, 0.15) is 46.5 Å². The maximum atomic E-state index is 13.1. The van der Waals surface area contributed by atoms with Gasteiger partial charge in [0.1, 0.15) is 0 Å². The van der Waals surface area contributed by atoms with E-state index < -0.39 is 29.2 Å². The van der Waals surface area contributed by atoms with E-state index >= 15 is 0 Å². The van der Waals surface area contributed by atoms with E-state index in [9.17, 15) is 22.8 Å². The van der Waals surface area contributed by atoms with Crippen LogP contribution in [0.4, 0.5) is 18.9 Å². The van der Waals surface area contributed by atoms with Gasteiger partial charge in [-0.2, -0.15) is 13.2 Å². The summed E-state index contributed by atoms with van der Waals surface area (Å²) in [5.74, 6) is -2.16. The van der Waals surface area contributed by atoms with Crippen LogP contribution in [0, 0.1) is 0 Å². The molecule has 0 spiro atoms. The van der Waals surface area contributed by atoms with Gasteiger partial charge in [0.25, 0.3) is 5.91 Å². The van der Waals surface area contributed by atoms with E-state index in [4.69, 9.17) is 5.73 Å². The van der Waals surface area contributed by atoms with Crippen LogP contribution in [0.3, 0.4) is 0 Å². The number of amides is 1. The molecule has 5 nitrogen and oxygen atoms in total. The number of anilines is 1. The van der Waals surface area contributed by atoms with Crippen molar-refractivity contribution in [1.82, 2.24) is 0 Å². The van der Waals surface area contributed by atoms with Gasteiger partial charge in [0.05, 0.1) is 23.8 Å². The Bertz CT molecular complexity index is 585. The molecule has 0 fully saturated rings. The number of hydrogen-bond donors (Lipinski definition) is 2. The van der Waals surface area contributed by atoms with Crippen molar-refractivity contribution < 1.29 is 27.5 Å². The monoisotopic (exact) mass is 318 g/mol. The van der Waals surface area contributed by atoms with Crippen LogP contribution >= 0.6 is 0 Å². The first-order valence-corrected chi connectivity index (χ1v) is 6.51. The molecule has 1 aromatic rings. The van der Waals surface area contributed by atoms with E-state index in [1.807, 2.05) is 6.92 Å². The standard InChI is InChI=1S/C14H17F3N2O3/c1-4-7(2)19-11-6-8(13(21)22-3)10(14(15,16)17)5-9(11)12(18)20/h5-7,19H,4H2,1-3H3,(H2,18,20)/t7-/m1/s1. The highest BCUT2D eigenvalue weighted by Gasteiger charge is 2.37. The number of halogens is 3. The predicted molar refractivity (Wildman–Crippen MR) is 74.7 cm³/mol. The quantitative estimate of drug-likeness (QED) is 0.818. The van der Waals surface area contributed by atoms with E-state index in [1.54, 1.807) is 6.92 Å². The lowest BCUT2D eigenvalue weighted by molar-refractivity contribution is -0.138. The molecule has 0 aliphatic carbocycles. The van der Waals surface area contributed by atoms with E-state index in [0.29, 0.717) is 12.5 Å². The van der Waals surface area contributed by atoms with Crippen LogP contribution in [-0.2, 0) is 10.9 Å². The van der Waals surface area contributed by atoms with Crippen LogP contribution in [-0.4, -0.2) is 25.0 Å². The summed E-state index contributed by atoms with van der Waals surface area (Å²) >= 11 is 0. The first-order valence-electron chi connectivity index (χ1n) is 6.51. The maximum absolute atomic E-state index is 13.1. The molecule has 0 aliphatic heterocycles. The summed E-state index contributed by atoms with van der Waals surface area (Å²) in [7, 11) is 0.978. The fourth-order valence-corrected chi connectivity index (χ4v) is 1.80. The Morgan fingerprint density at radius 2 is 1.91 bits per heavy atom. The number of carbonyl (C=O) groups is 2. The number of nitrogens with one attached hydrogen (secondary N) is 1. The Morgan fingerprint density at radius 1 is 1.32 bits per heavy atom. The molecule has 0 saturated heterocycles. The lowest BCUT2D eigenvalue weighted by Gasteiger charge is -2.19. The number of alkyl halides is 3. The van der Waals surface area contributed by atoms with E-state index in [0.717, 1.165) is 13.2 Å². The average Bonchev–Trinajstić information content (AvgIpc) is 2.44. The molecule has 0 heterocycles. The summed E-state index contributed by atoms with van der Waals surface area (Å²) in [6.07, 6.45) is -4.16. The summed E-state index contributed by atoms with van der Waals surface area (Å²) in [5.41, 5.74) is 2.94. The van der Waals surface area contributed by atoms with Gasteiger partial charge in [-0.3, -0.25) is 4.79 Å². The van der Waals surface area contributed by atoms with Gasteiger partial charge >= 0.3 is 12.1 Å². The van der Waals surface area contributed by atoms with Gasteiger partial charge in [-0.05, 0) is 25.5 Å². The zero-order valence-electron chi connectivity index (χ0n) is 12.4. The number of esters is 1. The van der Waals surface area contributed by atoms with Crippen molar-refractivity contribution in [2.75, 3.05) is 12.4 Å². The average molecular weight is 318 g/mol. The molecular weight excluding hydrogens is 301 g/mol. The second-order valence-electron chi connectivity index (χ2n) is 4.75. The van der Waals surface area contributed by atoms with Gasteiger partial charge in [0, 0.05) is 11.7 Å². The van der Waals surface area contributed by atoms with Gasteiger partial charge in [0.2, 0.25) is 0 Å². The Hall–Kier alpha value is -2.25. The number of benzene rings is 1. The van der Waals surface area contributed by atoms with Crippen molar-refractivity contribution in [2.45, 2.75) is 32.5 Å². The molecule has 122 valence electrons. The topological polar surface area (TPSA) is 81.4 Å². The normalized spacial score (nSPS) is 12.6. The molecule has 0 radical (unpaired) electrons. The fourth-order valence-electron chi connectivity index (χ4n) is 1.80. The minimum atomic E-state index is -4.82. The number of rotatable bonds is 5. The van der Waals surface area contributed by atoms with Crippen LogP contribution in [0.2, 0.25) is 0 Å². The smallest absolute Gasteiger partial charge is 0.417 e. The fraction of sp³-hybridized carbons (Fsp3) is 0.429.